The second-order valence-electron chi connectivity index (χ2n) is 9.18. The largest absolute Gasteiger partial charge is 0.489 e. The number of hydrogen-bond donors (Lipinski definition) is 1. The lowest BCUT2D eigenvalue weighted by molar-refractivity contribution is -0.120. The summed E-state index contributed by atoms with van der Waals surface area (Å²) < 4.78 is 17.2. The number of pyridine rings is 1. The molecule has 182 valence electrons. The summed E-state index contributed by atoms with van der Waals surface area (Å²) >= 11 is 0. The van der Waals surface area contributed by atoms with Crippen molar-refractivity contribution in [2.75, 3.05) is 29.9 Å². The van der Waals surface area contributed by atoms with Gasteiger partial charge in [0.2, 0.25) is 17.5 Å². The van der Waals surface area contributed by atoms with Gasteiger partial charge in [0.05, 0.1) is 12.9 Å². The van der Waals surface area contributed by atoms with E-state index in [-0.39, 0.29) is 23.4 Å². The number of furan rings is 1. The summed E-state index contributed by atoms with van der Waals surface area (Å²) in [7, 11) is 0. The normalized spacial score (nSPS) is 17.2. The molecule has 2 fully saturated rings. The van der Waals surface area contributed by atoms with Crippen molar-refractivity contribution in [1.82, 2.24) is 9.97 Å². The Bertz CT molecular complexity index is 1170. The van der Waals surface area contributed by atoms with E-state index in [1.165, 1.54) is 38.4 Å². The minimum absolute atomic E-state index is 0.0692. The van der Waals surface area contributed by atoms with Crippen LogP contribution >= 0.6 is 0 Å². The molecule has 5 rings (SSSR count). The number of hydrogen-bond acceptors (Lipinski definition) is 8. The van der Waals surface area contributed by atoms with Crippen molar-refractivity contribution in [1.29, 1.82) is 5.26 Å². The number of aromatic nitrogens is 2. The molecule has 1 saturated heterocycles. The molecule has 0 unspecified atom stereocenters. The Morgan fingerprint density at radius 2 is 2.00 bits per heavy atom. The fourth-order valence-corrected chi connectivity index (χ4v) is 4.83. The van der Waals surface area contributed by atoms with Gasteiger partial charge < -0.3 is 23.8 Å². The van der Waals surface area contributed by atoms with Gasteiger partial charge in [-0.3, -0.25) is 4.79 Å². The summed E-state index contributed by atoms with van der Waals surface area (Å²) in [6, 6.07) is 9.25. The Kier molecular flexibility index (Phi) is 6.98. The van der Waals surface area contributed by atoms with E-state index in [2.05, 4.69) is 21.4 Å². The van der Waals surface area contributed by atoms with Crippen LogP contribution in [-0.4, -0.2) is 35.6 Å². The van der Waals surface area contributed by atoms with Crippen molar-refractivity contribution in [3.63, 3.8) is 0 Å². The van der Waals surface area contributed by atoms with Gasteiger partial charge in [-0.05, 0) is 55.9 Å². The topological polar surface area (TPSA) is 117 Å². The van der Waals surface area contributed by atoms with Crippen molar-refractivity contribution >= 4 is 17.6 Å². The fourth-order valence-electron chi connectivity index (χ4n) is 4.83. The van der Waals surface area contributed by atoms with Crippen LogP contribution in [-0.2, 0) is 4.79 Å². The second kappa shape index (κ2) is 10.6. The fraction of sp³-hybridized carbons (Fsp3) is 0.462. The van der Waals surface area contributed by atoms with Crippen molar-refractivity contribution in [3.8, 4) is 23.5 Å². The Hall–Kier alpha value is -3.80. The van der Waals surface area contributed by atoms with Gasteiger partial charge in [0.15, 0.2) is 17.3 Å². The number of nitrogens with zero attached hydrogens (tertiary/aromatic N) is 4. The first kappa shape index (κ1) is 23.0. The summed E-state index contributed by atoms with van der Waals surface area (Å²) in [5, 5.41) is 12.5. The van der Waals surface area contributed by atoms with E-state index >= 15 is 0 Å². The van der Waals surface area contributed by atoms with Gasteiger partial charge in [0.25, 0.3) is 5.89 Å². The minimum Gasteiger partial charge on any atom is -0.489 e. The van der Waals surface area contributed by atoms with E-state index < -0.39 is 0 Å². The summed E-state index contributed by atoms with van der Waals surface area (Å²) in [4.78, 5) is 23.6. The maximum absolute atomic E-state index is 13.0. The highest BCUT2D eigenvalue weighted by Gasteiger charge is 2.30. The number of nitrogens with one attached hydrogen (secondary N) is 1. The van der Waals surface area contributed by atoms with Crippen LogP contribution in [0.25, 0.3) is 11.7 Å². The maximum Gasteiger partial charge on any atom is 0.266 e. The van der Waals surface area contributed by atoms with Crippen LogP contribution in [0.15, 0.2) is 45.6 Å². The number of carbonyl (C=O) groups excluding carboxylic acids is 1. The van der Waals surface area contributed by atoms with Crippen molar-refractivity contribution in [2.45, 2.75) is 44.9 Å². The molecular formula is C26H29N5O4. The average molecular weight is 476 g/mol. The summed E-state index contributed by atoms with van der Waals surface area (Å²) in [5.41, 5.74) is 0.215. The molecule has 35 heavy (non-hydrogen) atoms. The Labute approximate surface area is 204 Å². The van der Waals surface area contributed by atoms with Crippen molar-refractivity contribution < 1.29 is 18.4 Å². The minimum atomic E-state index is -0.169. The number of piperidine rings is 1. The number of nitriles is 1. The van der Waals surface area contributed by atoms with E-state index in [1.54, 1.807) is 18.3 Å². The zero-order valence-electron chi connectivity index (χ0n) is 19.6. The van der Waals surface area contributed by atoms with Gasteiger partial charge in [-0.1, -0.05) is 19.3 Å². The molecule has 0 atom stereocenters. The van der Waals surface area contributed by atoms with Crippen LogP contribution in [0.3, 0.4) is 0 Å². The number of carbonyl (C=O) groups is 1. The van der Waals surface area contributed by atoms with Crippen LogP contribution in [0, 0.1) is 23.2 Å². The zero-order valence-corrected chi connectivity index (χ0v) is 19.6. The van der Waals surface area contributed by atoms with Crippen molar-refractivity contribution in [2.24, 2.45) is 11.8 Å². The maximum atomic E-state index is 13.0. The number of oxazole rings is 1. The highest BCUT2D eigenvalue weighted by atomic mass is 16.5. The third-order valence-corrected chi connectivity index (χ3v) is 6.81. The summed E-state index contributed by atoms with van der Waals surface area (Å²) in [6.45, 7) is 1.81. The molecule has 1 aliphatic heterocycles. The molecule has 1 saturated carbocycles. The first-order valence-electron chi connectivity index (χ1n) is 12.3. The average Bonchev–Trinajstić information content (AvgIpc) is 3.59. The lowest BCUT2D eigenvalue weighted by Crippen LogP contribution is -2.38. The summed E-state index contributed by atoms with van der Waals surface area (Å²) in [5.74, 6) is 2.59. The van der Waals surface area contributed by atoms with Crippen LogP contribution in [0.1, 0.15) is 50.6 Å². The molecule has 0 spiro atoms. The van der Waals surface area contributed by atoms with E-state index in [1.807, 2.05) is 17.0 Å². The first-order valence-corrected chi connectivity index (χ1v) is 12.3. The zero-order chi connectivity index (χ0) is 24.0. The predicted octanol–water partition coefficient (Wildman–Crippen LogP) is 5.02. The summed E-state index contributed by atoms with van der Waals surface area (Å²) in [6.07, 6.45) is 10.7. The van der Waals surface area contributed by atoms with Crippen LogP contribution < -0.4 is 15.0 Å². The highest BCUT2D eigenvalue weighted by molar-refractivity contribution is 5.93. The monoisotopic (exact) mass is 475 g/mol. The molecule has 4 heterocycles. The molecule has 9 nitrogen and oxygen atoms in total. The Balaban J connectivity index is 1.18. The van der Waals surface area contributed by atoms with Crippen molar-refractivity contribution in [3.05, 3.63) is 42.4 Å². The standard InChI is InChI=1S/C26H29N5O4/c27-16-20-26(35-25(29-20)22-9-5-15-33-22)31-13-10-19(11-14-31)24(32)30-23-21(8-4-12-28-23)34-17-18-6-2-1-3-7-18/h4-5,8-9,12,15,18-19H,1-3,6-7,10-11,13-14,17H2,(H,28,30,32). The molecule has 0 aromatic carbocycles. The van der Waals surface area contributed by atoms with Gasteiger partial charge in [0, 0.05) is 25.2 Å². The number of ether oxygens (including phenoxy) is 1. The first-order chi connectivity index (χ1) is 17.2. The molecule has 3 aromatic rings. The molecule has 3 aromatic heterocycles. The molecular weight excluding hydrogens is 446 g/mol. The lowest BCUT2D eigenvalue weighted by atomic mass is 9.90. The SMILES string of the molecule is N#Cc1nc(-c2ccco2)oc1N1CCC(C(=O)Nc2ncccc2OCC2CCCCC2)CC1. The molecule has 1 N–H and O–H groups in total. The van der Waals surface area contributed by atoms with Gasteiger partial charge in [-0.15, -0.1) is 0 Å². The quantitative estimate of drug-likeness (QED) is 0.506. The van der Waals surface area contributed by atoms with Gasteiger partial charge in [-0.2, -0.15) is 10.2 Å². The third-order valence-electron chi connectivity index (χ3n) is 6.81. The molecule has 2 aliphatic rings. The number of amides is 1. The van der Waals surface area contributed by atoms with E-state index in [0.717, 1.165) is 0 Å². The predicted molar refractivity (Wildman–Crippen MR) is 129 cm³/mol. The highest BCUT2D eigenvalue weighted by Crippen LogP contribution is 2.32. The number of anilines is 2. The molecule has 0 radical (unpaired) electrons. The van der Waals surface area contributed by atoms with Crippen LogP contribution in [0.2, 0.25) is 0 Å². The Morgan fingerprint density at radius 1 is 1.17 bits per heavy atom. The van der Waals surface area contributed by atoms with E-state index in [4.69, 9.17) is 13.6 Å². The van der Waals surface area contributed by atoms with Gasteiger partial charge >= 0.3 is 0 Å². The molecule has 1 amide bonds. The smallest absolute Gasteiger partial charge is 0.266 e. The molecule has 0 bridgehead atoms. The van der Waals surface area contributed by atoms with Crippen LogP contribution in [0.5, 0.6) is 5.75 Å². The van der Waals surface area contributed by atoms with Gasteiger partial charge in [0.1, 0.15) is 6.07 Å². The lowest BCUT2D eigenvalue weighted by Gasteiger charge is -2.31. The van der Waals surface area contributed by atoms with E-state index in [9.17, 15) is 10.1 Å². The Morgan fingerprint density at radius 3 is 2.74 bits per heavy atom. The second-order valence-corrected chi connectivity index (χ2v) is 9.18. The van der Waals surface area contributed by atoms with Gasteiger partial charge in [-0.25, -0.2) is 4.98 Å². The van der Waals surface area contributed by atoms with Crippen LogP contribution in [0.4, 0.5) is 11.7 Å². The number of rotatable bonds is 7. The third kappa shape index (κ3) is 5.32. The molecule has 1 aliphatic carbocycles. The van der Waals surface area contributed by atoms with E-state index in [0.29, 0.717) is 61.7 Å². The molecule has 9 heteroatoms.